The van der Waals surface area contributed by atoms with Crippen LogP contribution < -0.4 is 14.3 Å². The lowest BCUT2D eigenvalue weighted by molar-refractivity contribution is -0.224. The van der Waals surface area contributed by atoms with Crippen LogP contribution in [0.4, 0.5) is 26.3 Å². The Labute approximate surface area is 208 Å². The SMILES string of the molecule is CC(C)C(=O)Oc1cc(C(F)(F)F)ccc1OC1C[C@H]2COC[C@H](C1)N2Oc1ccc(C(F)(F)F)cn1. The highest BCUT2D eigenvalue weighted by atomic mass is 19.4. The van der Waals surface area contributed by atoms with E-state index < -0.39 is 41.5 Å². The molecule has 2 aliphatic heterocycles. The molecule has 0 amide bonds. The average molecular weight is 534 g/mol. The molecular weight excluding hydrogens is 510 g/mol. The van der Waals surface area contributed by atoms with Crippen LogP contribution in [0.25, 0.3) is 0 Å². The van der Waals surface area contributed by atoms with Gasteiger partial charge in [0.05, 0.1) is 42.3 Å². The molecule has 0 aliphatic carbocycles. The molecule has 2 aliphatic rings. The Hall–Kier alpha value is -3.06. The van der Waals surface area contributed by atoms with Crippen molar-refractivity contribution in [3.63, 3.8) is 0 Å². The molecule has 0 radical (unpaired) electrons. The first-order chi connectivity index (χ1) is 17.3. The monoisotopic (exact) mass is 534 g/mol. The Morgan fingerprint density at radius 1 is 0.973 bits per heavy atom. The van der Waals surface area contributed by atoms with Crippen molar-refractivity contribution >= 4 is 5.97 Å². The van der Waals surface area contributed by atoms with E-state index >= 15 is 0 Å². The van der Waals surface area contributed by atoms with Crippen LogP contribution in [0.3, 0.4) is 0 Å². The number of hydroxylamine groups is 2. The maximum absolute atomic E-state index is 13.2. The van der Waals surface area contributed by atoms with Crippen LogP contribution in [0.15, 0.2) is 36.5 Å². The van der Waals surface area contributed by atoms with Gasteiger partial charge < -0.3 is 19.0 Å². The number of morpholine rings is 1. The lowest BCUT2D eigenvalue weighted by Crippen LogP contribution is -2.60. The zero-order valence-corrected chi connectivity index (χ0v) is 19.8. The van der Waals surface area contributed by atoms with Gasteiger partial charge in [-0.2, -0.15) is 26.3 Å². The number of aromatic nitrogens is 1. The summed E-state index contributed by atoms with van der Waals surface area (Å²) in [6, 6.07) is 3.96. The minimum absolute atomic E-state index is 0.00948. The molecule has 7 nitrogen and oxygen atoms in total. The number of carbonyl (C=O) groups excluding carboxylic acids is 1. The summed E-state index contributed by atoms with van der Waals surface area (Å²) in [4.78, 5) is 21.6. The predicted octanol–water partition coefficient (Wildman–Crippen LogP) is 5.29. The number of fused-ring (bicyclic) bond motifs is 2. The van der Waals surface area contributed by atoms with E-state index in [-0.39, 0.29) is 42.7 Å². The number of halogens is 6. The molecule has 2 aromatic rings. The van der Waals surface area contributed by atoms with Gasteiger partial charge in [-0.3, -0.25) is 4.79 Å². The van der Waals surface area contributed by atoms with Crippen molar-refractivity contribution in [2.75, 3.05) is 13.2 Å². The van der Waals surface area contributed by atoms with Gasteiger partial charge in [0.2, 0.25) is 5.88 Å². The molecule has 0 N–H and O–H groups in total. The number of carbonyl (C=O) groups is 1. The number of pyridine rings is 1. The van der Waals surface area contributed by atoms with E-state index in [1.54, 1.807) is 18.9 Å². The first kappa shape index (κ1) is 27.0. The highest BCUT2D eigenvalue weighted by Crippen LogP contribution is 2.39. The number of esters is 1. The van der Waals surface area contributed by atoms with Crippen molar-refractivity contribution in [2.24, 2.45) is 5.92 Å². The van der Waals surface area contributed by atoms with Crippen molar-refractivity contribution < 1.29 is 50.2 Å². The number of rotatable bonds is 6. The minimum atomic E-state index is -4.64. The van der Waals surface area contributed by atoms with E-state index in [2.05, 4.69) is 4.98 Å². The lowest BCUT2D eigenvalue weighted by Gasteiger charge is -2.46. The summed E-state index contributed by atoms with van der Waals surface area (Å²) in [6.45, 7) is 3.58. The zero-order chi connectivity index (χ0) is 27.0. The first-order valence-corrected chi connectivity index (χ1v) is 11.5. The van der Waals surface area contributed by atoms with Gasteiger partial charge in [0.1, 0.15) is 6.10 Å². The van der Waals surface area contributed by atoms with Crippen molar-refractivity contribution in [1.29, 1.82) is 0 Å². The Bertz CT molecular complexity index is 1090. The molecule has 0 saturated carbocycles. The summed E-state index contributed by atoms with van der Waals surface area (Å²) < 4.78 is 94.9. The molecule has 2 saturated heterocycles. The minimum Gasteiger partial charge on any atom is -0.486 e. The third kappa shape index (κ3) is 6.45. The van der Waals surface area contributed by atoms with Gasteiger partial charge in [-0.15, -0.1) is 5.06 Å². The summed E-state index contributed by atoms with van der Waals surface area (Å²) in [5.41, 5.74) is -1.88. The van der Waals surface area contributed by atoms with Crippen molar-refractivity contribution in [3.8, 4) is 17.4 Å². The van der Waals surface area contributed by atoms with Gasteiger partial charge in [0, 0.05) is 25.1 Å². The van der Waals surface area contributed by atoms with Gasteiger partial charge in [-0.25, -0.2) is 4.98 Å². The highest BCUT2D eigenvalue weighted by Gasteiger charge is 2.43. The van der Waals surface area contributed by atoms with E-state index in [0.29, 0.717) is 19.0 Å². The van der Waals surface area contributed by atoms with Crippen LogP contribution >= 0.6 is 0 Å². The summed E-state index contributed by atoms with van der Waals surface area (Å²) in [5.74, 6) is -1.64. The number of alkyl halides is 6. The Kier molecular flexibility index (Phi) is 7.56. The van der Waals surface area contributed by atoms with Gasteiger partial charge in [-0.05, 0) is 24.3 Å². The normalized spacial score (nSPS) is 22.6. The second kappa shape index (κ2) is 10.4. The smallest absolute Gasteiger partial charge is 0.417 e. The second-order valence-corrected chi connectivity index (χ2v) is 9.13. The molecule has 13 heteroatoms. The molecule has 37 heavy (non-hydrogen) atoms. The molecule has 1 aromatic heterocycles. The number of hydrogen-bond donors (Lipinski definition) is 0. The summed E-state index contributed by atoms with van der Waals surface area (Å²) in [5, 5.41) is 1.60. The molecular formula is C24H24F6N2O5. The number of benzene rings is 1. The Morgan fingerprint density at radius 2 is 1.59 bits per heavy atom. The van der Waals surface area contributed by atoms with E-state index in [1.807, 2.05) is 0 Å². The molecule has 4 rings (SSSR count). The summed E-state index contributed by atoms with van der Waals surface area (Å²) >= 11 is 0. The fourth-order valence-electron chi connectivity index (χ4n) is 4.05. The van der Waals surface area contributed by atoms with E-state index in [4.69, 9.17) is 19.0 Å². The number of piperidine rings is 1. The largest absolute Gasteiger partial charge is 0.486 e. The zero-order valence-electron chi connectivity index (χ0n) is 19.8. The molecule has 2 atom stereocenters. The van der Waals surface area contributed by atoms with Crippen LogP contribution in [-0.2, 0) is 21.9 Å². The molecule has 2 fully saturated rings. The quantitative estimate of drug-likeness (QED) is 0.284. The maximum Gasteiger partial charge on any atom is 0.417 e. The fraction of sp³-hybridized carbons (Fsp3) is 0.500. The number of nitrogens with zero attached hydrogens (tertiary/aromatic N) is 2. The molecule has 0 unspecified atom stereocenters. The van der Waals surface area contributed by atoms with Gasteiger partial charge in [0.25, 0.3) is 0 Å². The highest BCUT2D eigenvalue weighted by molar-refractivity contribution is 5.75. The molecule has 202 valence electrons. The van der Waals surface area contributed by atoms with Crippen molar-refractivity contribution in [1.82, 2.24) is 10.0 Å². The fourth-order valence-corrected chi connectivity index (χ4v) is 4.05. The third-order valence-electron chi connectivity index (χ3n) is 5.92. The van der Waals surface area contributed by atoms with Crippen molar-refractivity contribution in [3.05, 3.63) is 47.7 Å². The third-order valence-corrected chi connectivity index (χ3v) is 5.92. The first-order valence-electron chi connectivity index (χ1n) is 11.5. The Morgan fingerprint density at radius 3 is 2.14 bits per heavy atom. The second-order valence-electron chi connectivity index (χ2n) is 9.13. The van der Waals surface area contributed by atoms with E-state index in [1.165, 1.54) is 0 Å². The topological polar surface area (TPSA) is 70.1 Å². The van der Waals surface area contributed by atoms with E-state index in [9.17, 15) is 31.1 Å². The van der Waals surface area contributed by atoms with Crippen LogP contribution in [0.5, 0.6) is 17.4 Å². The standard InChI is InChI=1S/C24H24F6N2O5/c1-13(2)22(33)36-20-7-14(23(25,26)27)3-5-19(20)35-18-8-16-11-34-12-17(9-18)32(16)37-21-6-4-15(10-31-21)24(28,29)30/h3-7,10,13,16-18H,8-9,11-12H2,1-2H3/t16-,17-/m0/s1. The van der Waals surface area contributed by atoms with Gasteiger partial charge in [-0.1, -0.05) is 13.8 Å². The van der Waals surface area contributed by atoms with Crippen LogP contribution in [0.1, 0.15) is 37.8 Å². The molecule has 1 aromatic carbocycles. The van der Waals surface area contributed by atoms with Gasteiger partial charge >= 0.3 is 18.3 Å². The Balaban J connectivity index is 1.48. The lowest BCUT2D eigenvalue weighted by atomic mass is 9.94. The predicted molar refractivity (Wildman–Crippen MR) is 116 cm³/mol. The number of ether oxygens (including phenoxy) is 3. The molecule has 3 heterocycles. The van der Waals surface area contributed by atoms with Crippen LogP contribution in [-0.4, -0.2) is 47.4 Å². The van der Waals surface area contributed by atoms with Crippen molar-refractivity contribution in [2.45, 2.75) is 57.2 Å². The van der Waals surface area contributed by atoms with Crippen LogP contribution in [0.2, 0.25) is 0 Å². The maximum atomic E-state index is 13.2. The summed E-state index contributed by atoms with van der Waals surface area (Å²) in [7, 11) is 0. The molecule has 0 spiro atoms. The average Bonchev–Trinajstić information content (AvgIpc) is 2.79. The molecule has 2 bridgehead atoms. The number of hydrogen-bond acceptors (Lipinski definition) is 7. The summed E-state index contributed by atoms with van der Waals surface area (Å²) in [6.07, 6.45) is -8.30. The van der Waals surface area contributed by atoms with E-state index in [0.717, 1.165) is 30.3 Å². The van der Waals surface area contributed by atoms with Gasteiger partial charge in [0.15, 0.2) is 11.5 Å². The van der Waals surface area contributed by atoms with Crippen LogP contribution in [0, 0.1) is 5.92 Å².